The molecule has 0 spiro atoms. The minimum Gasteiger partial charge on any atom is -0.497 e. The first kappa shape index (κ1) is 15.5. The van der Waals surface area contributed by atoms with Crippen LogP contribution in [0.3, 0.4) is 0 Å². The van der Waals surface area contributed by atoms with Crippen LogP contribution >= 0.6 is 0 Å². The summed E-state index contributed by atoms with van der Waals surface area (Å²) in [4.78, 5) is 0.0652. The van der Waals surface area contributed by atoms with Crippen LogP contribution in [0.15, 0.2) is 41.3 Å². The Morgan fingerprint density at radius 2 is 1.91 bits per heavy atom. The molecule has 3 rings (SSSR count). The van der Waals surface area contributed by atoms with E-state index in [1.165, 1.54) is 24.6 Å². The van der Waals surface area contributed by atoms with Gasteiger partial charge in [0.05, 0.1) is 25.6 Å². The van der Waals surface area contributed by atoms with E-state index in [1.54, 1.807) is 18.2 Å². The van der Waals surface area contributed by atoms with E-state index in [4.69, 9.17) is 15.2 Å². The predicted octanol–water partition coefficient (Wildman–Crippen LogP) is 2.04. The van der Waals surface area contributed by atoms with Crippen molar-refractivity contribution in [3.05, 3.63) is 42.0 Å². The van der Waals surface area contributed by atoms with E-state index < -0.39 is 10.0 Å². The van der Waals surface area contributed by atoms with Gasteiger partial charge in [0.15, 0.2) is 0 Å². The van der Waals surface area contributed by atoms with Crippen LogP contribution in [0.5, 0.6) is 11.5 Å². The number of hydrogen-bond acceptors (Lipinski definition) is 5. The fourth-order valence-electron chi connectivity index (χ4n) is 2.80. The maximum atomic E-state index is 13.1. The zero-order valence-corrected chi connectivity index (χ0v) is 13.8. The number of nitrogens with zero attached hydrogens (tertiary/aromatic N) is 1. The van der Waals surface area contributed by atoms with Crippen molar-refractivity contribution >= 4 is 21.4 Å². The molecule has 23 heavy (non-hydrogen) atoms. The maximum absolute atomic E-state index is 13.1. The van der Waals surface area contributed by atoms with Crippen LogP contribution in [0, 0.1) is 0 Å². The van der Waals surface area contributed by atoms with Crippen LogP contribution in [0.25, 0.3) is 0 Å². The normalized spacial score (nSPS) is 13.7. The fourth-order valence-corrected chi connectivity index (χ4v) is 4.50. The van der Waals surface area contributed by atoms with Crippen molar-refractivity contribution in [2.75, 3.05) is 30.8 Å². The van der Waals surface area contributed by atoms with Crippen molar-refractivity contribution in [3.8, 4) is 11.5 Å². The highest BCUT2D eigenvalue weighted by Gasteiger charge is 2.34. The number of methoxy groups -OCH3 is 2. The Kier molecular flexibility index (Phi) is 3.81. The van der Waals surface area contributed by atoms with Gasteiger partial charge in [-0.2, -0.15) is 0 Å². The molecule has 0 fully saturated rings. The average Bonchev–Trinajstić information content (AvgIpc) is 3.00. The van der Waals surface area contributed by atoms with E-state index in [-0.39, 0.29) is 10.6 Å². The van der Waals surface area contributed by atoms with Crippen molar-refractivity contribution in [3.63, 3.8) is 0 Å². The molecule has 0 unspecified atom stereocenters. The van der Waals surface area contributed by atoms with Gasteiger partial charge in [0.25, 0.3) is 10.0 Å². The molecule has 2 N–H and O–H groups in total. The molecule has 122 valence electrons. The molecule has 0 aromatic heterocycles. The Bertz CT molecular complexity index is 849. The Morgan fingerprint density at radius 3 is 2.61 bits per heavy atom. The van der Waals surface area contributed by atoms with E-state index >= 15 is 0 Å². The second-order valence-electron chi connectivity index (χ2n) is 5.20. The van der Waals surface area contributed by atoms with Gasteiger partial charge >= 0.3 is 0 Å². The standard InChI is InChI=1S/C16H18N2O4S/c1-21-12-6-7-14(22-2)15(10-12)23(19,20)18-9-8-11-4-3-5-13(17)16(11)18/h3-7,10H,8-9,17H2,1-2H3. The van der Waals surface area contributed by atoms with E-state index in [9.17, 15) is 8.42 Å². The lowest BCUT2D eigenvalue weighted by atomic mass is 10.1. The summed E-state index contributed by atoms with van der Waals surface area (Å²) >= 11 is 0. The van der Waals surface area contributed by atoms with Crippen molar-refractivity contribution in [2.45, 2.75) is 11.3 Å². The Labute approximate surface area is 135 Å². The fraction of sp³-hybridized carbons (Fsp3) is 0.250. The van der Waals surface area contributed by atoms with Crippen LogP contribution in [0.1, 0.15) is 5.56 Å². The number of ether oxygens (including phenoxy) is 2. The van der Waals surface area contributed by atoms with Gasteiger partial charge in [-0.3, -0.25) is 4.31 Å². The number of rotatable bonds is 4. The Balaban J connectivity index is 2.15. The SMILES string of the molecule is COc1ccc(OC)c(S(=O)(=O)N2CCc3cccc(N)c32)c1. The molecule has 2 aromatic carbocycles. The van der Waals surface area contributed by atoms with Gasteiger partial charge in [-0.1, -0.05) is 12.1 Å². The van der Waals surface area contributed by atoms with E-state index in [1.807, 2.05) is 12.1 Å². The lowest BCUT2D eigenvalue weighted by Gasteiger charge is -2.22. The van der Waals surface area contributed by atoms with Crippen LogP contribution in [0.4, 0.5) is 11.4 Å². The summed E-state index contributed by atoms with van der Waals surface area (Å²) in [5.74, 6) is 0.721. The Hall–Kier alpha value is -2.41. The van der Waals surface area contributed by atoms with E-state index in [2.05, 4.69) is 0 Å². The van der Waals surface area contributed by atoms with Crippen molar-refractivity contribution in [1.29, 1.82) is 0 Å². The number of fused-ring (bicyclic) bond motifs is 1. The first-order chi connectivity index (χ1) is 11.0. The minimum absolute atomic E-state index is 0.0652. The summed E-state index contributed by atoms with van der Waals surface area (Å²) in [5.41, 5.74) is 7.93. The third-order valence-corrected chi connectivity index (χ3v) is 5.74. The molecule has 0 saturated heterocycles. The highest BCUT2D eigenvalue weighted by Crippen LogP contribution is 2.40. The van der Waals surface area contributed by atoms with Crippen molar-refractivity contribution < 1.29 is 17.9 Å². The molecule has 6 nitrogen and oxygen atoms in total. The molecular formula is C16H18N2O4S. The van der Waals surface area contributed by atoms with Crippen LogP contribution < -0.4 is 19.5 Å². The topological polar surface area (TPSA) is 81.9 Å². The zero-order chi connectivity index (χ0) is 16.6. The molecule has 1 aliphatic heterocycles. The van der Waals surface area contributed by atoms with E-state index in [0.29, 0.717) is 30.1 Å². The largest absolute Gasteiger partial charge is 0.497 e. The quantitative estimate of drug-likeness (QED) is 0.865. The monoisotopic (exact) mass is 334 g/mol. The summed E-state index contributed by atoms with van der Waals surface area (Å²) in [6.07, 6.45) is 0.631. The number of para-hydroxylation sites is 1. The molecule has 0 amide bonds. The Morgan fingerprint density at radius 1 is 1.13 bits per heavy atom. The maximum Gasteiger partial charge on any atom is 0.268 e. The summed E-state index contributed by atoms with van der Waals surface area (Å²) in [6, 6.07) is 10.1. The molecular weight excluding hydrogens is 316 g/mol. The van der Waals surface area contributed by atoms with Gasteiger partial charge in [0.2, 0.25) is 0 Å². The second kappa shape index (κ2) is 5.66. The molecule has 0 aliphatic carbocycles. The first-order valence-corrected chi connectivity index (χ1v) is 8.55. The van der Waals surface area contributed by atoms with Crippen LogP contribution in [-0.4, -0.2) is 29.2 Å². The molecule has 0 atom stereocenters. The molecule has 0 saturated carbocycles. The smallest absolute Gasteiger partial charge is 0.268 e. The van der Waals surface area contributed by atoms with Gasteiger partial charge < -0.3 is 15.2 Å². The number of nitrogens with two attached hydrogens (primary N) is 1. The molecule has 7 heteroatoms. The first-order valence-electron chi connectivity index (χ1n) is 7.11. The third-order valence-electron chi connectivity index (χ3n) is 3.92. The van der Waals surface area contributed by atoms with Crippen molar-refractivity contribution in [1.82, 2.24) is 0 Å². The molecule has 1 aliphatic rings. The number of sulfonamides is 1. The zero-order valence-electron chi connectivity index (χ0n) is 12.9. The van der Waals surface area contributed by atoms with Gasteiger partial charge in [-0.25, -0.2) is 8.42 Å². The molecule has 2 aromatic rings. The van der Waals surface area contributed by atoms with Gasteiger partial charge in [-0.15, -0.1) is 0 Å². The lowest BCUT2D eigenvalue weighted by Crippen LogP contribution is -2.30. The minimum atomic E-state index is -3.80. The van der Waals surface area contributed by atoms with Crippen LogP contribution in [-0.2, 0) is 16.4 Å². The highest BCUT2D eigenvalue weighted by atomic mass is 32.2. The van der Waals surface area contributed by atoms with Crippen molar-refractivity contribution in [2.24, 2.45) is 0 Å². The van der Waals surface area contributed by atoms with Gasteiger partial charge in [0.1, 0.15) is 16.4 Å². The summed E-state index contributed by atoms with van der Waals surface area (Å²) < 4.78 is 38.0. The summed E-state index contributed by atoms with van der Waals surface area (Å²) in [5, 5.41) is 0. The molecule has 0 bridgehead atoms. The number of anilines is 2. The number of hydrogen-bond donors (Lipinski definition) is 1. The van der Waals surface area contributed by atoms with Crippen LogP contribution in [0.2, 0.25) is 0 Å². The molecule has 1 heterocycles. The van der Waals surface area contributed by atoms with Gasteiger partial charge in [-0.05, 0) is 30.2 Å². The average molecular weight is 334 g/mol. The second-order valence-corrected chi connectivity index (χ2v) is 7.03. The molecule has 0 radical (unpaired) electrons. The summed E-state index contributed by atoms with van der Waals surface area (Å²) in [7, 11) is -0.877. The number of benzene rings is 2. The van der Waals surface area contributed by atoms with Gasteiger partial charge in [0, 0.05) is 12.6 Å². The highest BCUT2D eigenvalue weighted by molar-refractivity contribution is 7.93. The lowest BCUT2D eigenvalue weighted by molar-refractivity contribution is 0.392. The number of nitrogen functional groups attached to an aromatic ring is 1. The third kappa shape index (κ3) is 2.46. The van der Waals surface area contributed by atoms with E-state index in [0.717, 1.165) is 5.56 Å². The predicted molar refractivity (Wildman–Crippen MR) is 88.6 cm³/mol. The summed E-state index contributed by atoms with van der Waals surface area (Å²) in [6.45, 7) is 0.353.